The van der Waals surface area contributed by atoms with Crippen molar-refractivity contribution >= 4 is 22.8 Å². The topological polar surface area (TPSA) is 121 Å². The molecule has 2 aromatic heterocycles. The van der Waals surface area contributed by atoms with Crippen molar-refractivity contribution < 1.29 is 19.2 Å². The fourth-order valence-electron chi connectivity index (χ4n) is 2.81. The van der Waals surface area contributed by atoms with Gasteiger partial charge < -0.3 is 19.9 Å². The summed E-state index contributed by atoms with van der Waals surface area (Å²) in [4.78, 5) is 30.8. The Morgan fingerprint density at radius 2 is 2.15 bits per heavy atom. The minimum atomic E-state index is -1.03. The molecule has 0 bridgehead atoms. The first-order valence-electron chi connectivity index (χ1n) is 8.90. The smallest absolute Gasteiger partial charge is 0.326 e. The van der Waals surface area contributed by atoms with Crippen molar-refractivity contribution in [1.82, 2.24) is 20.4 Å². The first kappa shape index (κ1) is 18.6. The molecule has 0 fully saturated rings. The van der Waals surface area contributed by atoms with Crippen molar-refractivity contribution in [2.45, 2.75) is 39.2 Å². The number of carbonyl (C=O) groups is 2. The largest absolute Gasteiger partial charge is 0.480 e. The van der Waals surface area contributed by atoms with Gasteiger partial charge in [0.05, 0.1) is 0 Å². The second-order valence-electron chi connectivity index (χ2n) is 6.56. The molecule has 0 saturated carbocycles. The third kappa shape index (κ3) is 4.33. The summed E-state index contributed by atoms with van der Waals surface area (Å²) >= 11 is 0. The zero-order chi connectivity index (χ0) is 19.4. The van der Waals surface area contributed by atoms with Gasteiger partial charge in [0.15, 0.2) is 0 Å². The number of H-pyrrole nitrogens is 1. The van der Waals surface area contributed by atoms with Gasteiger partial charge in [-0.1, -0.05) is 37.6 Å². The van der Waals surface area contributed by atoms with Gasteiger partial charge in [0.25, 0.3) is 0 Å². The third-order valence-corrected chi connectivity index (χ3v) is 4.64. The first-order valence-corrected chi connectivity index (χ1v) is 8.90. The van der Waals surface area contributed by atoms with Crippen LogP contribution in [0.3, 0.4) is 0 Å². The van der Waals surface area contributed by atoms with Gasteiger partial charge in [0, 0.05) is 30.1 Å². The lowest BCUT2D eigenvalue weighted by atomic mass is 9.99. The van der Waals surface area contributed by atoms with E-state index >= 15 is 0 Å². The van der Waals surface area contributed by atoms with Crippen molar-refractivity contribution in [3.05, 3.63) is 36.4 Å². The Kier molecular flexibility index (Phi) is 5.54. The Balaban J connectivity index is 1.60. The van der Waals surface area contributed by atoms with Crippen LogP contribution in [0.5, 0.6) is 0 Å². The lowest BCUT2D eigenvalue weighted by Crippen LogP contribution is -2.45. The van der Waals surface area contributed by atoms with Crippen LogP contribution in [0.1, 0.15) is 32.6 Å². The molecule has 0 radical (unpaired) electrons. The molecule has 1 amide bonds. The predicted molar refractivity (Wildman–Crippen MR) is 98.9 cm³/mol. The van der Waals surface area contributed by atoms with Crippen LogP contribution >= 0.6 is 0 Å². The van der Waals surface area contributed by atoms with Gasteiger partial charge >= 0.3 is 5.97 Å². The van der Waals surface area contributed by atoms with E-state index in [4.69, 9.17) is 4.52 Å². The van der Waals surface area contributed by atoms with Gasteiger partial charge in [-0.15, -0.1) is 0 Å². The number of nitrogens with zero attached hydrogens (tertiary/aromatic N) is 2. The van der Waals surface area contributed by atoms with Gasteiger partial charge in [-0.05, 0) is 23.4 Å². The van der Waals surface area contributed by atoms with Crippen molar-refractivity contribution in [1.29, 1.82) is 0 Å². The Morgan fingerprint density at radius 1 is 1.33 bits per heavy atom. The Hall–Kier alpha value is -3.16. The lowest BCUT2D eigenvalue weighted by molar-refractivity contribution is -0.143. The number of carbonyl (C=O) groups excluding carboxylic acids is 1. The summed E-state index contributed by atoms with van der Waals surface area (Å²) in [5.74, 6) is -0.746. The Bertz CT molecular complexity index is 946. The molecule has 0 spiro atoms. The Morgan fingerprint density at radius 3 is 2.89 bits per heavy atom. The van der Waals surface area contributed by atoms with Crippen molar-refractivity contribution in [2.75, 3.05) is 0 Å². The number of aromatic nitrogens is 3. The lowest BCUT2D eigenvalue weighted by Gasteiger charge is -2.19. The van der Waals surface area contributed by atoms with Crippen LogP contribution in [0.2, 0.25) is 0 Å². The van der Waals surface area contributed by atoms with E-state index in [0.717, 1.165) is 16.5 Å². The molecule has 3 N–H and O–H groups in total. The molecular weight excluding hydrogens is 348 g/mol. The summed E-state index contributed by atoms with van der Waals surface area (Å²) in [6.45, 7) is 3.68. The molecular formula is C19H22N4O4. The standard InChI is InChI=1S/C19H22N4O4/c1-3-11(2)17(19(25)26)21-15(24)6-7-16-22-18(23-27-16)13-5-4-12-8-9-20-14(12)10-13/h4-5,8-11,17,20H,3,6-7H2,1-2H3,(H,21,24)(H,25,26)/t11-,17+/m1/s1. The van der Waals surface area contributed by atoms with E-state index in [0.29, 0.717) is 18.1 Å². The predicted octanol–water partition coefficient (Wildman–Crippen LogP) is 2.77. The van der Waals surface area contributed by atoms with E-state index in [1.54, 1.807) is 6.92 Å². The molecule has 2 heterocycles. The van der Waals surface area contributed by atoms with Crippen molar-refractivity contribution in [3.63, 3.8) is 0 Å². The minimum Gasteiger partial charge on any atom is -0.480 e. The SMILES string of the molecule is CC[C@@H](C)[C@H](NC(=O)CCc1nc(-c2ccc3cc[nH]c3c2)no1)C(=O)O. The number of rotatable bonds is 8. The van der Waals surface area contributed by atoms with E-state index in [1.165, 1.54) is 0 Å². The molecule has 0 unspecified atom stereocenters. The van der Waals surface area contributed by atoms with Gasteiger partial charge in [-0.25, -0.2) is 4.79 Å². The van der Waals surface area contributed by atoms with E-state index in [9.17, 15) is 14.7 Å². The molecule has 0 aliphatic heterocycles. The van der Waals surface area contributed by atoms with Gasteiger partial charge in [0.2, 0.25) is 17.6 Å². The summed E-state index contributed by atoms with van der Waals surface area (Å²) in [5.41, 5.74) is 1.79. The van der Waals surface area contributed by atoms with Gasteiger partial charge in [-0.3, -0.25) is 4.79 Å². The minimum absolute atomic E-state index is 0.0809. The molecule has 3 rings (SSSR count). The van der Waals surface area contributed by atoms with E-state index in [2.05, 4.69) is 20.4 Å². The number of aryl methyl sites for hydroxylation is 1. The number of fused-ring (bicyclic) bond motifs is 1. The maximum Gasteiger partial charge on any atom is 0.326 e. The maximum absolute atomic E-state index is 12.1. The monoisotopic (exact) mass is 370 g/mol. The van der Waals surface area contributed by atoms with Crippen LogP contribution in [0, 0.1) is 5.92 Å². The van der Waals surface area contributed by atoms with Crippen LogP contribution in [-0.2, 0) is 16.0 Å². The highest BCUT2D eigenvalue weighted by Gasteiger charge is 2.25. The number of amides is 1. The average Bonchev–Trinajstić information content (AvgIpc) is 3.31. The van der Waals surface area contributed by atoms with E-state index in [-0.39, 0.29) is 24.7 Å². The molecule has 1 aromatic carbocycles. The summed E-state index contributed by atoms with van der Waals surface area (Å²) in [7, 11) is 0. The quantitative estimate of drug-likeness (QED) is 0.560. The fourth-order valence-corrected chi connectivity index (χ4v) is 2.81. The van der Waals surface area contributed by atoms with Crippen LogP contribution in [0.15, 0.2) is 35.0 Å². The number of nitrogens with one attached hydrogen (secondary N) is 2. The van der Waals surface area contributed by atoms with Crippen LogP contribution < -0.4 is 5.32 Å². The number of hydrogen-bond donors (Lipinski definition) is 3. The summed E-state index contributed by atoms with van der Waals surface area (Å²) < 4.78 is 5.22. The molecule has 0 aliphatic rings. The zero-order valence-electron chi connectivity index (χ0n) is 15.2. The molecule has 8 heteroatoms. The molecule has 142 valence electrons. The van der Waals surface area contributed by atoms with E-state index < -0.39 is 12.0 Å². The highest BCUT2D eigenvalue weighted by atomic mass is 16.5. The molecule has 3 aromatic rings. The Labute approximate surface area is 156 Å². The van der Waals surface area contributed by atoms with Crippen molar-refractivity contribution in [2.24, 2.45) is 5.92 Å². The number of carboxylic acids is 1. The maximum atomic E-state index is 12.1. The highest BCUT2D eigenvalue weighted by Crippen LogP contribution is 2.21. The van der Waals surface area contributed by atoms with Gasteiger partial charge in [0.1, 0.15) is 6.04 Å². The molecule has 0 saturated heterocycles. The third-order valence-electron chi connectivity index (χ3n) is 4.64. The fraction of sp³-hybridized carbons (Fsp3) is 0.368. The van der Waals surface area contributed by atoms with Crippen LogP contribution in [0.4, 0.5) is 0 Å². The number of aromatic amines is 1. The normalized spacial score (nSPS) is 13.4. The molecule has 8 nitrogen and oxygen atoms in total. The molecule has 2 atom stereocenters. The van der Waals surface area contributed by atoms with Crippen molar-refractivity contribution in [3.8, 4) is 11.4 Å². The summed E-state index contributed by atoms with van der Waals surface area (Å²) in [6, 6.07) is 6.88. The average molecular weight is 370 g/mol. The first-order chi connectivity index (χ1) is 13.0. The molecule has 0 aliphatic carbocycles. The van der Waals surface area contributed by atoms with E-state index in [1.807, 2.05) is 37.4 Å². The summed E-state index contributed by atoms with van der Waals surface area (Å²) in [6.07, 6.45) is 2.85. The molecule has 27 heavy (non-hydrogen) atoms. The van der Waals surface area contributed by atoms with Crippen LogP contribution in [-0.4, -0.2) is 38.1 Å². The number of hydrogen-bond acceptors (Lipinski definition) is 5. The number of carboxylic acid groups (broad SMARTS) is 1. The number of aliphatic carboxylic acids is 1. The van der Waals surface area contributed by atoms with Crippen LogP contribution in [0.25, 0.3) is 22.3 Å². The second kappa shape index (κ2) is 8.03. The highest BCUT2D eigenvalue weighted by molar-refractivity contribution is 5.84. The number of benzene rings is 1. The van der Waals surface area contributed by atoms with Gasteiger partial charge in [-0.2, -0.15) is 4.98 Å². The zero-order valence-corrected chi connectivity index (χ0v) is 15.2. The summed E-state index contributed by atoms with van der Waals surface area (Å²) in [5, 5.41) is 16.9. The second-order valence-corrected chi connectivity index (χ2v) is 6.56.